The molecular weight excluding hydrogens is 222 g/mol. The Morgan fingerprint density at radius 2 is 1.94 bits per heavy atom. The van der Waals surface area contributed by atoms with Crippen molar-refractivity contribution in [1.29, 1.82) is 0 Å². The van der Waals surface area contributed by atoms with Crippen LogP contribution < -0.4 is 0 Å². The number of ether oxygens (including phenoxy) is 1. The van der Waals surface area contributed by atoms with E-state index in [4.69, 9.17) is 9.84 Å². The number of amides is 1. The van der Waals surface area contributed by atoms with Crippen molar-refractivity contribution in [3.8, 4) is 0 Å². The summed E-state index contributed by atoms with van der Waals surface area (Å²) in [6.07, 6.45) is 6.27. The molecule has 1 saturated heterocycles. The summed E-state index contributed by atoms with van der Waals surface area (Å²) in [6, 6.07) is -0.0973. The lowest BCUT2D eigenvalue weighted by Gasteiger charge is -2.29. The summed E-state index contributed by atoms with van der Waals surface area (Å²) in [5.74, 6) is -0.869. The second kappa shape index (κ2) is 5.38. The molecule has 1 saturated carbocycles. The van der Waals surface area contributed by atoms with E-state index in [0.29, 0.717) is 0 Å². The number of carbonyl (C=O) groups is 2. The van der Waals surface area contributed by atoms with E-state index >= 15 is 0 Å². The minimum Gasteiger partial charge on any atom is -0.481 e. The third kappa shape index (κ3) is 2.90. The summed E-state index contributed by atoms with van der Waals surface area (Å²) >= 11 is 0. The van der Waals surface area contributed by atoms with Crippen molar-refractivity contribution in [2.24, 2.45) is 0 Å². The molecule has 1 atom stereocenters. The Bertz CT molecular complexity index is 297. The van der Waals surface area contributed by atoms with Gasteiger partial charge in [0.05, 0.1) is 12.5 Å². The molecule has 2 aliphatic rings. The van der Waals surface area contributed by atoms with E-state index in [9.17, 15) is 9.59 Å². The highest BCUT2D eigenvalue weighted by Gasteiger charge is 2.38. The summed E-state index contributed by atoms with van der Waals surface area (Å²) in [5.41, 5.74) is 0. The topological polar surface area (TPSA) is 66.8 Å². The van der Waals surface area contributed by atoms with Gasteiger partial charge in [-0.1, -0.05) is 25.7 Å². The van der Waals surface area contributed by atoms with E-state index in [1.54, 1.807) is 4.90 Å². The van der Waals surface area contributed by atoms with Gasteiger partial charge in [-0.3, -0.25) is 9.69 Å². The highest BCUT2D eigenvalue weighted by Crippen LogP contribution is 2.28. The molecule has 0 aromatic heterocycles. The van der Waals surface area contributed by atoms with Crippen LogP contribution in [-0.2, 0) is 9.53 Å². The molecule has 5 heteroatoms. The quantitative estimate of drug-likeness (QED) is 0.767. The van der Waals surface area contributed by atoms with Crippen LogP contribution in [0.3, 0.4) is 0 Å². The molecule has 0 aromatic carbocycles. The van der Waals surface area contributed by atoms with Gasteiger partial charge in [-0.2, -0.15) is 0 Å². The molecule has 1 unspecified atom stereocenters. The molecule has 1 heterocycles. The monoisotopic (exact) mass is 241 g/mol. The molecule has 5 nitrogen and oxygen atoms in total. The summed E-state index contributed by atoms with van der Waals surface area (Å²) < 4.78 is 5.00. The fourth-order valence-electron chi connectivity index (χ4n) is 2.81. The van der Waals surface area contributed by atoms with E-state index in [1.807, 2.05) is 0 Å². The average molecular weight is 241 g/mol. The van der Waals surface area contributed by atoms with Crippen LogP contribution in [0.2, 0.25) is 0 Å². The van der Waals surface area contributed by atoms with Gasteiger partial charge in [0.2, 0.25) is 0 Å². The van der Waals surface area contributed by atoms with Crippen LogP contribution >= 0.6 is 0 Å². The maximum atomic E-state index is 11.7. The van der Waals surface area contributed by atoms with Gasteiger partial charge in [0.15, 0.2) is 0 Å². The lowest BCUT2D eigenvalue weighted by molar-refractivity contribution is -0.138. The fourth-order valence-corrected chi connectivity index (χ4v) is 2.81. The van der Waals surface area contributed by atoms with Crippen molar-refractivity contribution in [2.75, 3.05) is 6.61 Å². The molecular formula is C12H19NO4. The number of cyclic esters (lactones) is 1. The standard InChI is InChI=1S/C12H19NO4/c14-11(15)7-10-8-17-12(16)13(10)9-5-3-1-2-4-6-9/h9-10H,1-8H2,(H,14,15). The molecule has 1 amide bonds. The minimum atomic E-state index is -0.869. The third-order valence-electron chi connectivity index (χ3n) is 3.63. The highest BCUT2D eigenvalue weighted by molar-refractivity contribution is 5.73. The molecule has 0 radical (unpaired) electrons. The summed E-state index contributed by atoms with van der Waals surface area (Å²) in [7, 11) is 0. The zero-order valence-electron chi connectivity index (χ0n) is 9.93. The predicted molar refractivity (Wildman–Crippen MR) is 60.7 cm³/mol. The first-order chi connectivity index (χ1) is 8.18. The maximum Gasteiger partial charge on any atom is 0.410 e. The smallest absolute Gasteiger partial charge is 0.410 e. The number of rotatable bonds is 3. The second-order valence-electron chi connectivity index (χ2n) is 4.88. The van der Waals surface area contributed by atoms with Gasteiger partial charge in [0, 0.05) is 6.04 Å². The number of carboxylic acids is 1. The van der Waals surface area contributed by atoms with Crippen molar-refractivity contribution >= 4 is 12.1 Å². The highest BCUT2D eigenvalue weighted by atomic mass is 16.6. The predicted octanol–water partition coefficient (Wildman–Crippen LogP) is 2.00. The molecule has 0 aromatic rings. The van der Waals surface area contributed by atoms with Gasteiger partial charge in [-0.15, -0.1) is 0 Å². The van der Waals surface area contributed by atoms with E-state index in [1.165, 1.54) is 12.8 Å². The molecule has 0 bridgehead atoms. The molecule has 0 spiro atoms. The largest absolute Gasteiger partial charge is 0.481 e. The van der Waals surface area contributed by atoms with Crippen molar-refractivity contribution < 1.29 is 19.4 Å². The van der Waals surface area contributed by atoms with Crippen LogP contribution in [0.1, 0.15) is 44.9 Å². The normalized spacial score (nSPS) is 26.7. The van der Waals surface area contributed by atoms with E-state index in [2.05, 4.69) is 0 Å². The zero-order valence-corrected chi connectivity index (χ0v) is 9.93. The van der Waals surface area contributed by atoms with Gasteiger partial charge >= 0.3 is 12.1 Å². The molecule has 1 aliphatic carbocycles. The Labute approximate surface area is 101 Å². The first-order valence-electron chi connectivity index (χ1n) is 6.35. The minimum absolute atomic E-state index is 0.0117. The molecule has 96 valence electrons. The van der Waals surface area contributed by atoms with E-state index in [-0.39, 0.29) is 31.2 Å². The van der Waals surface area contributed by atoms with E-state index in [0.717, 1.165) is 25.7 Å². The molecule has 17 heavy (non-hydrogen) atoms. The number of carbonyl (C=O) groups excluding carboxylic acids is 1. The second-order valence-corrected chi connectivity index (χ2v) is 4.88. The van der Waals surface area contributed by atoms with Gasteiger partial charge in [0.1, 0.15) is 6.61 Å². The molecule has 2 fully saturated rings. The Balaban J connectivity index is 2.03. The Kier molecular flexibility index (Phi) is 3.86. The Morgan fingerprint density at radius 3 is 2.53 bits per heavy atom. The van der Waals surface area contributed by atoms with Crippen molar-refractivity contribution in [1.82, 2.24) is 4.90 Å². The summed E-state index contributed by atoms with van der Waals surface area (Å²) in [5, 5.41) is 8.84. The summed E-state index contributed by atoms with van der Waals surface area (Å²) in [6.45, 7) is 0.224. The first kappa shape index (κ1) is 12.2. The first-order valence-corrected chi connectivity index (χ1v) is 6.35. The van der Waals surface area contributed by atoms with Crippen LogP contribution in [0.5, 0.6) is 0 Å². The third-order valence-corrected chi connectivity index (χ3v) is 3.63. The number of carboxylic acid groups (broad SMARTS) is 1. The van der Waals surface area contributed by atoms with Gasteiger partial charge in [0.25, 0.3) is 0 Å². The lowest BCUT2D eigenvalue weighted by atomic mass is 10.0. The Morgan fingerprint density at radius 1 is 1.29 bits per heavy atom. The number of hydrogen-bond acceptors (Lipinski definition) is 3. The van der Waals surface area contributed by atoms with Gasteiger partial charge in [-0.25, -0.2) is 4.79 Å². The number of aliphatic carboxylic acids is 1. The molecule has 1 N–H and O–H groups in total. The summed E-state index contributed by atoms with van der Waals surface area (Å²) in [4.78, 5) is 24.1. The number of hydrogen-bond donors (Lipinski definition) is 1. The van der Waals surface area contributed by atoms with E-state index < -0.39 is 5.97 Å². The van der Waals surface area contributed by atoms with Crippen molar-refractivity contribution in [3.63, 3.8) is 0 Å². The van der Waals surface area contributed by atoms with Gasteiger partial charge in [-0.05, 0) is 12.8 Å². The van der Waals surface area contributed by atoms with Crippen molar-refractivity contribution in [2.45, 2.75) is 57.0 Å². The van der Waals surface area contributed by atoms with Crippen LogP contribution in [0.15, 0.2) is 0 Å². The van der Waals surface area contributed by atoms with Crippen molar-refractivity contribution in [3.05, 3.63) is 0 Å². The SMILES string of the molecule is O=C(O)CC1COC(=O)N1C1CCCCCC1. The fraction of sp³-hybridized carbons (Fsp3) is 0.833. The van der Waals surface area contributed by atoms with Crippen LogP contribution in [0, 0.1) is 0 Å². The molecule has 2 rings (SSSR count). The molecule has 1 aliphatic heterocycles. The maximum absolute atomic E-state index is 11.7. The average Bonchev–Trinajstić information content (AvgIpc) is 2.53. The lowest BCUT2D eigenvalue weighted by Crippen LogP contribution is -2.42. The zero-order chi connectivity index (χ0) is 12.3. The van der Waals surface area contributed by atoms with Crippen LogP contribution in [-0.4, -0.2) is 40.8 Å². The van der Waals surface area contributed by atoms with Gasteiger partial charge < -0.3 is 9.84 Å². The Hall–Kier alpha value is -1.26. The van der Waals surface area contributed by atoms with Crippen LogP contribution in [0.25, 0.3) is 0 Å². The number of nitrogens with zero attached hydrogens (tertiary/aromatic N) is 1. The van der Waals surface area contributed by atoms with Crippen LogP contribution in [0.4, 0.5) is 4.79 Å².